The highest BCUT2D eigenvalue weighted by atomic mass is 79.9. The number of hydrogen-bond acceptors (Lipinski definition) is 4. The summed E-state index contributed by atoms with van der Waals surface area (Å²) in [6.07, 6.45) is 0.812. The summed E-state index contributed by atoms with van der Waals surface area (Å²) in [6, 6.07) is 0. The van der Waals surface area contributed by atoms with Crippen LogP contribution < -0.4 is 5.32 Å². The van der Waals surface area contributed by atoms with E-state index in [-0.39, 0.29) is 6.10 Å². The minimum absolute atomic E-state index is 0.0548. The number of aryl methyl sites for hydroxylation is 1. The fourth-order valence-electron chi connectivity index (χ4n) is 1.90. The third-order valence-electron chi connectivity index (χ3n) is 2.82. The monoisotopic (exact) mass is 329 g/mol. The molecule has 0 amide bonds. The number of hydrogen-bond donors (Lipinski definition) is 1. The van der Waals surface area contributed by atoms with Crippen LogP contribution in [-0.4, -0.2) is 23.1 Å². The van der Waals surface area contributed by atoms with Crippen LogP contribution in [0.3, 0.4) is 0 Å². The predicted octanol–water partition coefficient (Wildman–Crippen LogP) is 3.97. The van der Waals surface area contributed by atoms with E-state index in [0.29, 0.717) is 12.5 Å². The average molecular weight is 330 g/mol. The Balaban J connectivity index is 3.21. The molecular formula is C14H24BrN3O. The fourth-order valence-corrected chi connectivity index (χ4v) is 2.50. The molecule has 0 aliphatic carbocycles. The highest BCUT2D eigenvalue weighted by Crippen LogP contribution is 2.29. The highest BCUT2D eigenvalue weighted by molar-refractivity contribution is 9.10. The van der Waals surface area contributed by atoms with Crippen molar-refractivity contribution < 1.29 is 4.74 Å². The topological polar surface area (TPSA) is 47.0 Å². The zero-order valence-corrected chi connectivity index (χ0v) is 14.0. The van der Waals surface area contributed by atoms with Crippen LogP contribution in [0.2, 0.25) is 0 Å². The van der Waals surface area contributed by atoms with E-state index in [0.717, 1.165) is 34.8 Å². The molecule has 0 spiro atoms. The van der Waals surface area contributed by atoms with Crippen molar-refractivity contribution in [1.29, 1.82) is 0 Å². The second-order valence-corrected chi connectivity index (χ2v) is 5.49. The van der Waals surface area contributed by atoms with Crippen molar-refractivity contribution in [3.63, 3.8) is 0 Å². The van der Waals surface area contributed by atoms with Gasteiger partial charge in [-0.05, 0) is 42.1 Å². The highest BCUT2D eigenvalue weighted by Gasteiger charge is 2.22. The smallest absolute Gasteiger partial charge is 0.160 e. The number of nitrogens with one attached hydrogen (secondary N) is 1. The predicted molar refractivity (Wildman–Crippen MR) is 82.5 cm³/mol. The van der Waals surface area contributed by atoms with Gasteiger partial charge in [-0.3, -0.25) is 0 Å². The number of rotatable bonds is 7. The molecule has 1 rings (SSSR count). The van der Waals surface area contributed by atoms with Gasteiger partial charge in [0.05, 0.1) is 10.2 Å². The summed E-state index contributed by atoms with van der Waals surface area (Å²) in [4.78, 5) is 9.27. The minimum atomic E-state index is -0.0548. The molecule has 5 heteroatoms. The standard InChI is InChI=1S/C14H24BrN3O/c1-6-10-11(15)13(16-7-2)18-14(17-10)12(9(4)5)19-8-3/h9,12H,6-8H2,1-5H3,(H,16,17,18). The van der Waals surface area contributed by atoms with Crippen molar-refractivity contribution in [3.8, 4) is 0 Å². The van der Waals surface area contributed by atoms with E-state index >= 15 is 0 Å². The van der Waals surface area contributed by atoms with E-state index in [1.54, 1.807) is 0 Å². The van der Waals surface area contributed by atoms with Gasteiger partial charge in [-0.15, -0.1) is 0 Å². The molecule has 0 aliphatic rings. The van der Waals surface area contributed by atoms with Crippen molar-refractivity contribution >= 4 is 21.7 Å². The van der Waals surface area contributed by atoms with Crippen molar-refractivity contribution in [2.45, 2.75) is 47.1 Å². The molecule has 1 aromatic rings. The lowest BCUT2D eigenvalue weighted by Crippen LogP contribution is -2.17. The van der Waals surface area contributed by atoms with Gasteiger partial charge in [0.25, 0.3) is 0 Å². The van der Waals surface area contributed by atoms with Gasteiger partial charge < -0.3 is 10.1 Å². The van der Waals surface area contributed by atoms with Gasteiger partial charge in [0.1, 0.15) is 11.9 Å². The van der Waals surface area contributed by atoms with Crippen LogP contribution in [0.1, 0.15) is 52.2 Å². The van der Waals surface area contributed by atoms with Gasteiger partial charge in [0.2, 0.25) is 0 Å². The minimum Gasteiger partial charge on any atom is -0.370 e. The SMILES string of the molecule is CCNc1nc(C(OCC)C(C)C)nc(CC)c1Br. The van der Waals surface area contributed by atoms with Crippen LogP contribution in [0.15, 0.2) is 4.47 Å². The first-order valence-electron chi connectivity index (χ1n) is 6.96. The lowest BCUT2D eigenvalue weighted by molar-refractivity contribution is 0.0231. The number of halogens is 1. The summed E-state index contributed by atoms with van der Waals surface area (Å²) in [5.74, 6) is 1.97. The molecule has 1 N–H and O–H groups in total. The maximum atomic E-state index is 5.79. The quantitative estimate of drug-likeness (QED) is 0.822. The molecule has 1 atom stereocenters. The number of ether oxygens (including phenoxy) is 1. The molecule has 4 nitrogen and oxygen atoms in total. The maximum absolute atomic E-state index is 5.79. The molecule has 0 aliphatic heterocycles. The number of anilines is 1. The molecular weight excluding hydrogens is 306 g/mol. The Morgan fingerprint density at radius 3 is 2.37 bits per heavy atom. The summed E-state index contributed by atoms with van der Waals surface area (Å²) in [6.45, 7) is 11.9. The second kappa shape index (κ2) is 7.80. The van der Waals surface area contributed by atoms with Crippen molar-refractivity contribution in [2.24, 2.45) is 5.92 Å². The van der Waals surface area contributed by atoms with Gasteiger partial charge >= 0.3 is 0 Å². The van der Waals surface area contributed by atoms with Crippen LogP contribution in [0, 0.1) is 5.92 Å². The molecule has 0 saturated carbocycles. The Labute approximate surface area is 124 Å². The summed E-state index contributed by atoms with van der Waals surface area (Å²) in [5.41, 5.74) is 1.02. The molecule has 1 heterocycles. The van der Waals surface area contributed by atoms with Crippen LogP contribution in [0.5, 0.6) is 0 Å². The van der Waals surface area contributed by atoms with Gasteiger partial charge in [0, 0.05) is 13.2 Å². The Morgan fingerprint density at radius 1 is 1.21 bits per heavy atom. The largest absolute Gasteiger partial charge is 0.370 e. The lowest BCUT2D eigenvalue weighted by atomic mass is 10.1. The summed E-state index contributed by atoms with van der Waals surface area (Å²) in [5, 5.41) is 3.27. The first-order valence-corrected chi connectivity index (χ1v) is 7.76. The Bertz CT molecular complexity index is 410. The Kier molecular flexibility index (Phi) is 6.72. The van der Waals surface area contributed by atoms with Crippen molar-refractivity contribution in [1.82, 2.24) is 9.97 Å². The molecule has 108 valence electrons. The fraction of sp³-hybridized carbons (Fsp3) is 0.714. The first-order chi connectivity index (χ1) is 9.04. The van der Waals surface area contributed by atoms with Crippen molar-refractivity contribution in [2.75, 3.05) is 18.5 Å². The zero-order chi connectivity index (χ0) is 14.4. The average Bonchev–Trinajstić information content (AvgIpc) is 2.38. The number of aromatic nitrogens is 2. The third kappa shape index (κ3) is 4.14. The molecule has 0 fully saturated rings. The van der Waals surface area contributed by atoms with E-state index in [1.165, 1.54) is 0 Å². The molecule has 1 aromatic heterocycles. The Morgan fingerprint density at radius 2 is 1.89 bits per heavy atom. The van der Waals surface area contributed by atoms with Crippen LogP contribution in [0.25, 0.3) is 0 Å². The van der Waals surface area contributed by atoms with Crippen LogP contribution in [0.4, 0.5) is 5.82 Å². The van der Waals surface area contributed by atoms with Crippen LogP contribution >= 0.6 is 15.9 Å². The molecule has 0 aromatic carbocycles. The molecule has 1 unspecified atom stereocenters. The van der Waals surface area contributed by atoms with E-state index in [4.69, 9.17) is 4.74 Å². The number of nitrogens with zero attached hydrogens (tertiary/aromatic N) is 2. The normalized spacial score (nSPS) is 12.8. The van der Waals surface area contributed by atoms with Crippen LogP contribution in [-0.2, 0) is 11.2 Å². The van der Waals surface area contributed by atoms with Crippen molar-refractivity contribution in [3.05, 3.63) is 16.0 Å². The van der Waals surface area contributed by atoms with E-state index in [2.05, 4.69) is 58.9 Å². The van der Waals surface area contributed by atoms with Gasteiger partial charge in [-0.2, -0.15) is 0 Å². The first kappa shape index (κ1) is 16.4. The summed E-state index contributed by atoms with van der Waals surface area (Å²) >= 11 is 3.57. The summed E-state index contributed by atoms with van der Waals surface area (Å²) < 4.78 is 6.75. The van der Waals surface area contributed by atoms with E-state index in [1.807, 2.05) is 6.92 Å². The van der Waals surface area contributed by atoms with Gasteiger partial charge in [-0.1, -0.05) is 20.8 Å². The molecule has 0 saturated heterocycles. The molecule has 0 bridgehead atoms. The van der Waals surface area contributed by atoms with Gasteiger partial charge in [0.15, 0.2) is 5.82 Å². The maximum Gasteiger partial charge on any atom is 0.160 e. The zero-order valence-electron chi connectivity index (χ0n) is 12.5. The van der Waals surface area contributed by atoms with E-state index in [9.17, 15) is 0 Å². The summed E-state index contributed by atoms with van der Waals surface area (Å²) in [7, 11) is 0. The van der Waals surface area contributed by atoms with E-state index < -0.39 is 0 Å². The third-order valence-corrected chi connectivity index (χ3v) is 3.66. The molecule has 19 heavy (non-hydrogen) atoms. The Hall–Kier alpha value is -0.680. The lowest BCUT2D eigenvalue weighted by Gasteiger charge is -2.21. The van der Waals surface area contributed by atoms with Gasteiger partial charge in [-0.25, -0.2) is 9.97 Å². The molecule has 0 radical (unpaired) electrons. The second-order valence-electron chi connectivity index (χ2n) is 4.69.